The van der Waals surface area contributed by atoms with Crippen LogP contribution in [0.4, 0.5) is 0 Å². The molecule has 1 aliphatic heterocycles. The second kappa shape index (κ2) is 6.36. The minimum Gasteiger partial charge on any atom is -0.339 e. The summed E-state index contributed by atoms with van der Waals surface area (Å²) in [6.45, 7) is 1.54. The van der Waals surface area contributed by atoms with E-state index in [1.165, 1.54) is 11.2 Å². The summed E-state index contributed by atoms with van der Waals surface area (Å²) in [6, 6.07) is 1.95. The van der Waals surface area contributed by atoms with Crippen LogP contribution in [-0.2, 0) is 21.2 Å². The summed E-state index contributed by atoms with van der Waals surface area (Å²) in [7, 11) is -1.78. The third kappa shape index (κ3) is 3.49. The maximum Gasteiger partial charge on any atom is 0.244 e. The Hall–Kier alpha value is -0.440. The predicted molar refractivity (Wildman–Crippen MR) is 88.2 cm³/mol. The molecule has 2 heterocycles. The summed E-state index contributed by atoms with van der Waals surface area (Å²) in [6.07, 6.45) is 1.85. The van der Waals surface area contributed by atoms with Crippen LogP contribution in [0.2, 0.25) is 0 Å². The van der Waals surface area contributed by atoms with Crippen molar-refractivity contribution in [1.82, 2.24) is 10.2 Å². The number of rotatable bonds is 4. The molecule has 0 aromatic carbocycles. The molecule has 1 saturated heterocycles. The molecule has 1 amide bonds. The van der Waals surface area contributed by atoms with Crippen molar-refractivity contribution in [3.63, 3.8) is 0 Å². The maximum atomic E-state index is 12.8. The van der Waals surface area contributed by atoms with Gasteiger partial charge in [-0.3, -0.25) is 4.79 Å². The number of nitrogens with zero attached hydrogens (tertiary/aromatic N) is 1. The largest absolute Gasteiger partial charge is 0.339 e. The first kappa shape index (κ1) is 16.9. The van der Waals surface area contributed by atoms with Crippen LogP contribution in [0.5, 0.6) is 0 Å². The third-order valence-corrected chi connectivity index (χ3v) is 7.56. The van der Waals surface area contributed by atoms with E-state index < -0.39 is 14.6 Å². The van der Waals surface area contributed by atoms with Crippen LogP contribution < -0.4 is 5.32 Å². The second-order valence-electron chi connectivity index (χ2n) is 5.41. The molecule has 1 aromatic heterocycles. The molecule has 8 heteroatoms. The quantitative estimate of drug-likeness (QED) is 0.842. The average molecular weight is 395 g/mol. The van der Waals surface area contributed by atoms with Gasteiger partial charge in [0.2, 0.25) is 5.91 Å². The average Bonchev–Trinajstić information content (AvgIpc) is 2.82. The molecule has 118 valence electrons. The first-order chi connectivity index (χ1) is 9.76. The lowest BCUT2D eigenvalue weighted by atomic mass is 9.95. The first-order valence-corrected chi connectivity index (χ1v) is 10.2. The van der Waals surface area contributed by atoms with Gasteiger partial charge in [0.15, 0.2) is 14.6 Å². The van der Waals surface area contributed by atoms with E-state index in [9.17, 15) is 13.2 Å². The predicted octanol–water partition coefficient (Wildman–Crippen LogP) is 1.64. The molecular formula is C13H19BrN2O3S2. The van der Waals surface area contributed by atoms with E-state index in [0.29, 0.717) is 32.5 Å². The minimum absolute atomic E-state index is 0.295. The summed E-state index contributed by atoms with van der Waals surface area (Å²) in [5.74, 6) is -0.295. The summed E-state index contributed by atoms with van der Waals surface area (Å²) in [5, 5.41) is 5.07. The fraction of sp³-hybridized carbons (Fsp3) is 0.615. The third-order valence-electron chi connectivity index (χ3n) is 3.87. The number of nitrogens with one attached hydrogen (secondary N) is 1. The van der Waals surface area contributed by atoms with Gasteiger partial charge in [0.25, 0.3) is 0 Å². The summed E-state index contributed by atoms with van der Waals surface area (Å²) in [5.41, 5.74) is 0. The number of halogens is 1. The fourth-order valence-electron chi connectivity index (χ4n) is 2.66. The van der Waals surface area contributed by atoms with Crippen molar-refractivity contribution in [2.24, 2.45) is 0 Å². The zero-order chi connectivity index (χ0) is 15.7. The molecule has 0 unspecified atom stereocenters. The number of piperidine rings is 1. The standard InChI is InChI=1S/C13H19BrN2O3S2/c1-16(8-11-7-10(14)9-20-11)12(17)13(21(2,18)19)3-5-15-6-4-13/h7,9,15H,3-6,8H2,1-2H3. The molecule has 2 rings (SSSR count). The van der Waals surface area contributed by atoms with Crippen LogP contribution in [0, 0.1) is 0 Å². The van der Waals surface area contributed by atoms with E-state index in [0.717, 1.165) is 9.35 Å². The highest BCUT2D eigenvalue weighted by Crippen LogP contribution is 2.31. The van der Waals surface area contributed by atoms with E-state index in [4.69, 9.17) is 0 Å². The lowest BCUT2D eigenvalue weighted by Gasteiger charge is -2.37. The van der Waals surface area contributed by atoms with Gasteiger partial charge in [-0.25, -0.2) is 8.42 Å². The first-order valence-electron chi connectivity index (χ1n) is 6.65. The number of thiophene rings is 1. The Balaban J connectivity index is 2.22. The van der Waals surface area contributed by atoms with Crippen LogP contribution in [-0.4, -0.2) is 50.4 Å². The Morgan fingerprint density at radius 3 is 2.57 bits per heavy atom. The van der Waals surface area contributed by atoms with Gasteiger partial charge in [0.05, 0.1) is 6.54 Å². The lowest BCUT2D eigenvalue weighted by molar-refractivity contribution is -0.133. The summed E-state index contributed by atoms with van der Waals surface area (Å²) in [4.78, 5) is 15.3. The zero-order valence-corrected chi connectivity index (χ0v) is 15.3. The topological polar surface area (TPSA) is 66.5 Å². The van der Waals surface area contributed by atoms with Crippen molar-refractivity contribution in [1.29, 1.82) is 0 Å². The Morgan fingerprint density at radius 2 is 2.10 bits per heavy atom. The Labute approximate surface area is 137 Å². The van der Waals surface area contributed by atoms with Gasteiger partial charge in [0.1, 0.15) is 0 Å². The van der Waals surface area contributed by atoms with Crippen molar-refractivity contribution >= 4 is 43.0 Å². The fourth-order valence-corrected chi connectivity index (χ4v) is 5.59. The van der Waals surface area contributed by atoms with Gasteiger partial charge in [-0.05, 0) is 47.9 Å². The number of amides is 1. The van der Waals surface area contributed by atoms with Crippen LogP contribution in [0.3, 0.4) is 0 Å². The summed E-state index contributed by atoms with van der Waals surface area (Å²) >= 11 is 4.93. The molecular weight excluding hydrogens is 376 g/mol. The molecule has 0 bridgehead atoms. The van der Waals surface area contributed by atoms with E-state index >= 15 is 0 Å². The van der Waals surface area contributed by atoms with E-state index in [-0.39, 0.29) is 5.91 Å². The van der Waals surface area contributed by atoms with Crippen molar-refractivity contribution < 1.29 is 13.2 Å². The van der Waals surface area contributed by atoms with Crippen molar-refractivity contribution in [2.45, 2.75) is 24.1 Å². The van der Waals surface area contributed by atoms with Gasteiger partial charge >= 0.3 is 0 Å². The molecule has 1 N–H and O–H groups in total. The second-order valence-corrected chi connectivity index (χ2v) is 9.65. The Morgan fingerprint density at radius 1 is 1.48 bits per heavy atom. The highest BCUT2D eigenvalue weighted by atomic mass is 79.9. The number of sulfone groups is 1. The minimum atomic E-state index is -3.46. The number of carbonyl (C=O) groups is 1. The molecule has 21 heavy (non-hydrogen) atoms. The molecule has 0 radical (unpaired) electrons. The molecule has 1 aliphatic rings. The molecule has 0 aliphatic carbocycles. The maximum absolute atomic E-state index is 12.8. The van der Waals surface area contributed by atoms with Gasteiger partial charge in [-0.1, -0.05) is 0 Å². The molecule has 0 atom stereocenters. The van der Waals surface area contributed by atoms with E-state index in [1.807, 2.05) is 11.4 Å². The van der Waals surface area contributed by atoms with Crippen molar-refractivity contribution in [3.05, 3.63) is 20.8 Å². The number of hydrogen-bond acceptors (Lipinski definition) is 5. The SMILES string of the molecule is CN(Cc1cc(Br)cs1)C(=O)C1(S(C)(=O)=O)CCNCC1. The smallest absolute Gasteiger partial charge is 0.244 e. The van der Waals surface area contributed by atoms with E-state index in [2.05, 4.69) is 21.2 Å². The highest BCUT2D eigenvalue weighted by molar-refractivity contribution is 9.10. The number of hydrogen-bond donors (Lipinski definition) is 1. The van der Waals surface area contributed by atoms with E-state index in [1.54, 1.807) is 18.4 Å². The van der Waals surface area contributed by atoms with Crippen molar-refractivity contribution in [2.75, 3.05) is 26.4 Å². The molecule has 1 fully saturated rings. The summed E-state index contributed by atoms with van der Waals surface area (Å²) < 4.78 is 24.2. The lowest BCUT2D eigenvalue weighted by Crippen LogP contribution is -2.57. The zero-order valence-electron chi connectivity index (χ0n) is 12.1. The molecule has 1 aromatic rings. The van der Waals surface area contributed by atoms with Gasteiger partial charge in [-0.15, -0.1) is 11.3 Å². The Bertz CT molecular complexity index is 621. The van der Waals surface area contributed by atoms with Gasteiger partial charge < -0.3 is 10.2 Å². The van der Waals surface area contributed by atoms with Crippen LogP contribution in [0.15, 0.2) is 15.9 Å². The van der Waals surface area contributed by atoms with Crippen LogP contribution >= 0.6 is 27.3 Å². The Kier molecular flexibility index (Phi) is 5.12. The highest BCUT2D eigenvalue weighted by Gasteiger charge is 2.49. The monoisotopic (exact) mass is 394 g/mol. The normalized spacial score (nSPS) is 18.4. The van der Waals surface area contributed by atoms with Crippen LogP contribution in [0.25, 0.3) is 0 Å². The molecule has 0 saturated carbocycles. The van der Waals surface area contributed by atoms with Crippen molar-refractivity contribution in [3.8, 4) is 0 Å². The molecule has 5 nitrogen and oxygen atoms in total. The molecule has 0 spiro atoms. The van der Waals surface area contributed by atoms with Gasteiger partial charge in [-0.2, -0.15) is 0 Å². The number of carbonyl (C=O) groups excluding carboxylic acids is 1. The van der Waals surface area contributed by atoms with Gasteiger partial charge in [0, 0.05) is 28.0 Å². The van der Waals surface area contributed by atoms with Crippen LogP contribution in [0.1, 0.15) is 17.7 Å².